The van der Waals surface area contributed by atoms with E-state index < -0.39 is 5.60 Å². The van der Waals surface area contributed by atoms with Gasteiger partial charge in [-0.15, -0.1) is 0 Å². The summed E-state index contributed by atoms with van der Waals surface area (Å²) in [4.78, 5) is 14.0. The average molecular weight is 271 g/mol. The first-order valence-corrected chi connectivity index (χ1v) is 7.36. The van der Waals surface area contributed by atoms with E-state index in [0.29, 0.717) is 11.8 Å². The van der Waals surface area contributed by atoms with Gasteiger partial charge in [-0.05, 0) is 51.9 Å². The van der Waals surface area contributed by atoms with Gasteiger partial charge >= 0.3 is 6.09 Å². The Labute approximate surface area is 117 Å². The van der Waals surface area contributed by atoms with E-state index in [1.807, 2.05) is 25.7 Å². The van der Waals surface area contributed by atoms with Gasteiger partial charge in [-0.2, -0.15) is 0 Å². The van der Waals surface area contributed by atoms with Crippen LogP contribution in [0.15, 0.2) is 0 Å². The first-order chi connectivity index (χ1) is 8.76. The number of hydrogen-bond donors (Lipinski definition) is 1. The Bertz CT molecular complexity index is 296. The van der Waals surface area contributed by atoms with E-state index in [-0.39, 0.29) is 18.7 Å². The summed E-state index contributed by atoms with van der Waals surface area (Å²) in [7, 11) is 0. The van der Waals surface area contributed by atoms with Crippen LogP contribution in [0.5, 0.6) is 0 Å². The van der Waals surface area contributed by atoms with Crippen LogP contribution in [0.1, 0.15) is 53.9 Å². The molecule has 1 amide bonds. The van der Waals surface area contributed by atoms with Crippen LogP contribution in [0.25, 0.3) is 0 Å². The summed E-state index contributed by atoms with van der Waals surface area (Å²) in [6.07, 6.45) is 2.63. The molecule has 2 unspecified atom stereocenters. The third-order valence-electron chi connectivity index (χ3n) is 3.74. The fourth-order valence-corrected chi connectivity index (χ4v) is 2.70. The van der Waals surface area contributed by atoms with Crippen molar-refractivity contribution in [1.29, 1.82) is 0 Å². The molecule has 4 nitrogen and oxygen atoms in total. The zero-order valence-corrected chi connectivity index (χ0v) is 13.0. The molecule has 0 bridgehead atoms. The molecule has 1 heterocycles. The van der Waals surface area contributed by atoms with Crippen LogP contribution in [0, 0.1) is 11.8 Å². The molecular formula is C15H29NO3. The average Bonchev–Trinajstić information content (AvgIpc) is 2.18. The Morgan fingerprint density at radius 1 is 1.42 bits per heavy atom. The van der Waals surface area contributed by atoms with Crippen LogP contribution in [-0.4, -0.2) is 40.9 Å². The number of likely N-dealkylation sites (tertiary alicyclic amines) is 1. The Hall–Kier alpha value is -0.770. The highest BCUT2D eigenvalue weighted by molar-refractivity contribution is 5.69. The lowest BCUT2D eigenvalue weighted by molar-refractivity contribution is -0.0252. The van der Waals surface area contributed by atoms with Gasteiger partial charge in [0.05, 0.1) is 0 Å². The van der Waals surface area contributed by atoms with Gasteiger partial charge in [0, 0.05) is 19.2 Å². The van der Waals surface area contributed by atoms with Crippen molar-refractivity contribution in [3.63, 3.8) is 0 Å². The number of carbonyl (C=O) groups excluding carboxylic acids is 1. The lowest BCUT2D eigenvalue weighted by atomic mass is 9.79. The van der Waals surface area contributed by atoms with Gasteiger partial charge in [-0.25, -0.2) is 4.79 Å². The van der Waals surface area contributed by atoms with E-state index >= 15 is 0 Å². The number of aliphatic hydroxyl groups excluding tert-OH is 1. The van der Waals surface area contributed by atoms with Gasteiger partial charge in [0.2, 0.25) is 0 Å². The smallest absolute Gasteiger partial charge is 0.410 e. The minimum Gasteiger partial charge on any atom is -0.444 e. The summed E-state index contributed by atoms with van der Waals surface area (Å²) < 4.78 is 5.44. The van der Waals surface area contributed by atoms with Gasteiger partial charge < -0.3 is 14.7 Å². The predicted molar refractivity (Wildman–Crippen MR) is 76.0 cm³/mol. The van der Waals surface area contributed by atoms with Gasteiger partial charge in [0.25, 0.3) is 0 Å². The number of amides is 1. The molecule has 0 aliphatic carbocycles. The first-order valence-electron chi connectivity index (χ1n) is 7.36. The highest BCUT2D eigenvalue weighted by Gasteiger charge is 2.40. The molecule has 2 atom stereocenters. The molecular weight excluding hydrogens is 242 g/mol. The maximum absolute atomic E-state index is 12.1. The lowest BCUT2D eigenvalue weighted by Gasteiger charge is -2.46. The summed E-state index contributed by atoms with van der Waals surface area (Å²) in [5.74, 6) is 0.968. The minimum atomic E-state index is -0.435. The Morgan fingerprint density at radius 3 is 2.42 bits per heavy atom. The van der Waals surface area contributed by atoms with Crippen molar-refractivity contribution in [2.24, 2.45) is 11.8 Å². The number of ether oxygens (including phenoxy) is 1. The van der Waals surface area contributed by atoms with Crippen molar-refractivity contribution in [3.8, 4) is 0 Å². The number of aliphatic hydroxyl groups is 1. The Balaban J connectivity index is 2.60. The highest BCUT2D eigenvalue weighted by Crippen LogP contribution is 2.33. The van der Waals surface area contributed by atoms with Crippen molar-refractivity contribution in [2.75, 3.05) is 13.2 Å². The molecule has 1 fully saturated rings. The topological polar surface area (TPSA) is 49.8 Å². The van der Waals surface area contributed by atoms with E-state index in [2.05, 4.69) is 13.8 Å². The van der Waals surface area contributed by atoms with E-state index in [9.17, 15) is 4.79 Å². The second-order valence-corrected chi connectivity index (χ2v) is 6.80. The normalized spacial score (nSPS) is 21.2. The molecule has 0 saturated carbocycles. The number of rotatable bonds is 5. The summed E-state index contributed by atoms with van der Waals surface area (Å²) >= 11 is 0. The molecule has 1 rings (SSSR count). The van der Waals surface area contributed by atoms with Crippen LogP contribution in [-0.2, 0) is 4.74 Å². The molecule has 112 valence electrons. The second-order valence-electron chi connectivity index (χ2n) is 6.80. The molecule has 19 heavy (non-hydrogen) atoms. The van der Waals surface area contributed by atoms with Crippen molar-refractivity contribution >= 4 is 6.09 Å². The molecule has 1 aliphatic heterocycles. The molecule has 1 aliphatic rings. The standard InChI is InChI=1S/C15H29NO3/c1-11(2)12(7-6-10-17)13-8-9-16(13)14(18)19-15(3,4)5/h11-13,17H,6-10H2,1-5H3. The van der Waals surface area contributed by atoms with Gasteiger partial charge in [0.15, 0.2) is 0 Å². The second kappa shape index (κ2) is 6.60. The van der Waals surface area contributed by atoms with Crippen LogP contribution < -0.4 is 0 Å². The number of nitrogens with zero attached hydrogens (tertiary/aromatic N) is 1. The van der Waals surface area contributed by atoms with Crippen LogP contribution in [0.3, 0.4) is 0 Å². The first kappa shape index (κ1) is 16.3. The largest absolute Gasteiger partial charge is 0.444 e. The molecule has 0 spiro atoms. The van der Waals surface area contributed by atoms with E-state index in [1.165, 1.54) is 0 Å². The molecule has 0 aromatic rings. The quantitative estimate of drug-likeness (QED) is 0.836. The van der Waals surface area contributed by atoms with Crippen molar-refractivity contribution in [3.05, 3.63) is 0 Å². The summed E-state index contributed by atoms with van der Waals surface area (Å²) in [5, 5.41) is 8.99. The van der Waals surface area contributed by atoms with Gasteiger partial charge in [0.1, 0.15) is 5.60 Å². The fraction of sp³-hybridized carbons (Fsp3) is 0.933. The summed E-state index contributed by atoms with van der Waals surface area (Å²) in [6.45, 7) is 11.1. The van der Waals surface area contributed by atoms with Crippen molar-refractivity contribution in [1.82, 2.24) is 4.90 Å². The van der Waals surface area contributed by atoms with Gasteiger partial charge in [-0.3, -0.25) is 0 Å². The summed E-state index contributed by atoms with van der Waals surface area (Å²) in [6, 6.07) is 0.279. The molecule has 0 radical (unpaired) electrons. The monoisotopic (exact) mass is 271 g/mol. The maximum atomic E-state index is 12.1. The fourth-order valence-electron chi connectivity index (χ4n) is 2.70. The van der Waals surface area contributed by atoms with Crippen molar-refractivity contribution < 1.29 is 14.6 Å². The minimum absolute atomic E-state index is 0.196. The molecule has 1 saturated heterocycles. The summed E-state index contributed by atoms with van der Waals surface area (Å²) in [5.41, 5.74) is -0.435. The van der Waals surface area contributed by atoms with Crippen molar-refractivity contribution in [2.45, 2.75) is 65.5 Å². The molecule has 0 aromatic carbocycles. The Kier molecular flexibility index (Phi) is 5.65. The van der Waals surface area contributed by atoms with Gasteiger partial charge in [-0.1, -0.05) is 13.8 Å². The van der Waals surface area contributed by atoms with E-state index in [0.717, 1.165) is 25.8 Å². The lowest BCUT2D eigenvalue weighted by Crippen LogP contribution is -2.56. The third-order valence-corrected chi connectivity index (χ3v) is 3.74. The highest BCUT2D eigenvalue weighted by atomic mass is 16.6. The zero-order chi connectivity index (χ0) is 14.6. The SMILES string of the molecule is CC(C)C(CCCO)C1CCN1C(=O)OC(C)(C)C. The molecule has 1 N–H and O–H groups in total. The Morgan fingerprint density at radius 2 is 2.05 bits per heavy atom. The van der Waals surface area contributed by atoms with Crippen LogP contribution in [0.4, 0.5) is 4.79 Å². The van der Waals surface area contributed by atoms with E-state index in [1.54, 1.807) is 0 Å². The van der Waals surface area contributed by atoms with Crippen LogP contribution in [0.2, 0.25) is 0 Å². The van der Waals surface area contributed by atoms with Crippen LogP contribution >= 0.6 is 0 Å². The third kappa shape index (κ3) is 4.68. The zero-order valence-electron chi connectivity index (χ0n) is 13.0. The molecule has 0 aromatic heterocycles. The van der Waals surface area contributed by atoms with E-state index in [4.69, 9.17) is 9.84 Å². The maximum Gasteiger partial charge on any atom is 0.410 e. The predicted octanol–water partition coefficient (Wildman–Crippen LogP) is 3.04. The number of carbonyl (C=O) groups is 1. The molecule has 4 heteroatoms. The number of hydrogen-bond acceptors (Lipinski definition) is 3.